The van der Waals surface area contributed by atoms with Crippen LogP contribution in [0, 0.1) is 0 Å². The van der Waals surface area contributed by atoms with Crippen LogP contribution in [0.15, 0.2) is 30.3 Å². The molecule has 2 unspecified atom stereocenters. The number of rotatable bonds is 4. The summed E-state index contributed by atoms with van der Waals surface area (Å²) in [6.07, 6.45) is 1.05. The molecule has 2 rings (SSSR count). The van der Waals surface area contributed by atoms with E-state index in [2.05, 4.69) is 19.0 Å². The smallest absolute Gasteiger partial charge is 0.231 e. The Hall–Kier alpha value is -1.10. The number of nitrogens with two attached hydrogens (primary N) is 1. The number of likely N-dealkylation sites (N-methyl/N-ethyl adjacent to an activating group) is 1. The molecule has 1 aromatic rings. The molecule has 1 fully saturated rings. The Morgan fingerprint density at radius 1 is 1.40 bits per heavy atom. The Kier molecular flexibility index (Phi) is 6.46. The van der Waals surface area contributed by atoms with Gasteiger partial charge in [-0.25, -0.2) is 0 Å². The van der Waals surface area contributed by atoms with Crippen LogP contribution in [0.25, 0.3) is 0 Å². The maximum absolute atomic E-state index is 12.6. The molecule has 0 aliphatic carbocycles. The Bertz CT molecular complexity index is 424. The minimum Gasteiger partial charge on any atom is -0.340 e. The van der Waals surface area contributed by atoms with E-state index in [1.165, 1.54) is 0 Å². The molecule has 1 aliphatic heterocycles. The number of likely N-dealkylation sites (tertiary alicyclic amines) is 1. The van der Waals surface area contributed by atoms with E-state index in [0.717, 1.165) is 25.1 Å². The first-order valence-electron chi connectivity index (χ1n) is 6.83. The minimum absolute atomic E-state index is 0. The van der Waals surface area contributed by atoms with Crippen molar-refractivity contribution in [1.29, 1.82) is 0 Å². The summed E-state index contributed by atoms with van der Waals surface area (Å²) in [6.45, 7) is 2.02. The van der Waals surface area contributed by atoms with Crippen LogP contribution in [0.1, 0.15) is 17.9 Å². The van der Waals surface area contributed by atoms with Crippen molar-refractivity contribution in [2.45, 2.75) is 18.4 Å². The van der Waals surface area contributed by atoms with Crippen molar-refractivity contribution in [2.24, 2.45) is 5.73 Å². The van der Waals surface area contributed by atoms with Crippen molar-refractivity contribution in [3.63, 3.8) is 0 Å². The normalized spacial score (nSPS) is 19.8. The molecule has 1 amide bonds. The van der Waals surface area contributed by atoms with Crippen LogP contribution in [0.5, 0.6) is 0 Å². The van der Waals surface area contributed by atoms with Gasteiger partial charge in [0.2, 0.25) is 5.91 Å². The van der Waals surface area contributed by atoms with E-state index in [9.17, 15) is 4.79 Å². The average Bonchev–Trinajstić information content (AvgIpc) is 2.90. The zero-order chi connectivity index (χ0) is 13.8. The Labute approximate surface area is 127 Å². The fourth-order valence-corrected chi connectivity index (χ4v) is 2.65. The standard InChI is InChI=1S/C15H23N3O.ClH/c1-17(2)13-8-9-18(11-13)15(19)14(10-16)12-6-4-3-5-7-12;/h3-7,13-14H,8-11,16H2,1-2H3;1H. The maximum atomic E-state index is 12.6. The molecule has 20 heavy (non-hydrogen) atoms. The van der Waals surface area contributed by atoms with E-state index in [4.69, 9.17) is 5.73 Å². The second kappa shape index (κ2) is 7.62. The molecule has 0 saturated carbocycles. The van der Waals surface area contributed by atoms with Crippen LogP contribution in [0.3, 0.4) is 0 Å². The quantitative estimate of drug-likeness (QED) is 0.912. The van der Waals surface area contributed by atoms with Crippen LogP contribution in [0.4, 0.5) is 0 Å². The highest BCUT2D eigenvalue weighted by Crippen LogP contribution is 2.21. The molecule has 2 N–H and O–H groups in total. The summed E-state index contributed by atoms with van der Waals surface area (Å²) in [5.41, 5.74) is 6.83. The zero-order valence-corrected chi connectivity index (χ0v) is 13.0. The second-order valence-electron chi connectivity index (χ2n) is 5.39. The first kappa shape index (κ1) is 17.0. The van der Waals surface area contributed by atoms with Gasteiger partial charge in [0.15, 0.2) is 0 Å². The third-order valence-corrected chi connectivity index (χ3v) is 3.94. The highest BCUT2D eigenvalue weighted by molar-refractivity contribution is 5.85. The lowest BCUT2D eigenvalue weighted by atomic mass is 9.98. The molecule has 0 bridgehead atoms. The number of nitrogens with zero attached hydrogens (tertiary/aromatic N) is 2. The van der Waals surface area contributed by atoms with Gasteiger partial charge < -0.3 is 15.5 Å². The van der Waals surface area contributed by atoms with Gasteiger partial charge >= 0.3 is 0 Å². The van der Waals surface area contributed by atoms with Gasteiger partial charge in [0.25, 0.3) is 0 Å². The largest absolute Gasteiger partial charge is 0.340 e. The van der Waals surface area contributed by atoms with E-state index in [-0.39, 0.29) is 24.2 Å². The monoisotopic (exact) mass is 297 g/mol. The van der Waals surface area contributed by atoms with E-state index >= 15 is 0 Å². The maximum Gasteiger partial charge on any atom is 0.231 e. The van der Waals surface area contributed by atoms with E-state index in [0.29, 0.717) is 12.6 Å². The van der Waals surface area contributed by atoms with Gasteiger partial charge in [-0.2, -0.15) is 0 Å². The Balaban J connectivity index is 0.00000200. The van der Waals surface area contributed by atoms with Crippen molar-refractivity contribution in [1.82, 2.24) is 9.80 Å². The fraction of sp³-hybridized carbons (Fsp3) is 0.533. The third-order valence-electron chi connectivity index (χ3n) is 3.94. The van der Waals surface area contributed by atoms with Crippen molar-refractivity contribution < 1.29 is 4.79 Å². The van der Waals surface area contributed by atoms with Gasteiger partial charge in [-0.05, 0) is 26.1 Å². The fourth-order valence-electron chi connectivity index (χ4n) is 2.65. The third kappa shape index (κ3) is 3.72. The molecular weight excluding hydrogens is 274 g/mol. The lowest BCUT2D eigenvalue weighted by Crippen LogP contribution is -2.39. The van der Waals surface area contributed by atoms with Crippen LogP contribution >= 0.6 is 12.4 Å². The van der Waals surface area contributed by atoms with Crippen molar-refractivity contribution in [3.05, 3.63) is 35.9 Å². The predicted octanol–water partition coefficient (Wildman–Crippen LogP) is 1.31. The van der Waals surface area contributed by atoms with Gasteiger partial charge in [-0.1, -0.05) is 30.3 Å². The molecule has 5 heteroatoms. The topological polar surface area (TPSA) is 49.6 Å². The van der Waals surface area contributed by atoms with Crippen LogP contribution in [0.2, 0.25) is 0 Å². The van der Waals surface area contributed by atoms with E-state index < -0.39 is 0 Å². The van der Waals surface area contributed by atoms with Gasteiger partial charge in [0, 0.05) is 25.7 Å². The van der Waals surface area contributed by atoms with Gasteiger partial charge in [-0.15, -0.1) is 12.4 Å². The first-order valence-corrected chi connectivity index (χ1v) is 6.83. The summed E-state index contributed by atoms with van der Waals surface area (Å²) in [4.78, 5) is 16.7. The molecule has 4 nitrogen and oxygen atoms in total. The molecule has 0 spiro atoms. The lowest BCUT2D eigenvalue weighted by Gasteiger charge is -2.24. The van der Waals surface area contributed by atoms with Crippen LogP contribution in [-0.2, 0) is 4.79 Å². The number of carbonyl (C=O) groups excluding carboxylic acids is 1. The van der Waals surface area contributed by atoms with Crippen molar-refractivity contribution >= 4 is 18.3 Å². The number of carbonyl (C=O) groups is 1. The van der Waals surface area contributed by atoms with Gasteiger partial charge in [0.1, 0.15) is 0 Å². The molecule has 0 radical (unpaired) electrons. The van der Waals surface area contributed by atoms with Crippen LogP contribution < -0.4 is 5.73 Å². The summed E-state index contributed by atoms with van der Waals surface area (Å²) < 4.78 is 0. The minimum atomic E-state index is -0.206. The summed E-state index contributed by atoms with van der Waals surface area (Å²) >= 11 is 0. The summed E-state index contributed by atoms with van der Waals surface area (Å²) in [6, 6.07) is 10.3. The molecule has 112 valence electrons. The molecule has 2 atom stereocenters. The van der Waals surface area contributed by atoms with Crippen molar-refractivity contribution in [3.8, 4) is 0 Å². The second-order valence-corrected chi connectivity index (χ2v) is 5.39. The molecule has 1 heterocycles. The van der Waals surface area contributed by atoms with Gasteiger partial charge in [0.05, 0.1) is 5.92 Å². The number of halogens is 1. The first-order chi connectivity index (χ1) is 9.13. The average molecular weight is 298 g/mol. The summed E-state index contributed by atoms with van der Waals surface area (Å²) in [5, 5.41) is 0. The molecule has 1 saturated heterocycles. The Morgan fingerprint density at radius 3 is 2.55 bits per heavy atom. The predicted molar refractivity (Wildman–Crippen MR) is 84.2 cm³/mol. The van der Waals surface area contributed by atoms with E-state index in [1.54, 1.807) is 0 Å². The molecular formula is C15H24ClN3O. The molecule has 1 aliphatic rings. The molecule has 1 aromatic carbocycles. The summed E-state index contributed by atoms with van der Waals surface area (Å²) in [7, 11) is 4.13. The number of amides is 1. The number of hydrogen-bond donors (Lipinski definition) is 1. The number of benzene rings is 1. The molecule has 0 aromatic heterocycles. The zero-order valence-electron chi connectivity index (χ0n) is 12.2. The highest BCUT2D eigenvalue weighted by Gasteiger charge is 2.31. The van der Waals surface area contributed by atoms with Crippen LogP contribution in [-0.4, -0.2) is 55.5 Å². The highest BCUT2D eigenvalue weighted by atomic mass is 35.5. The van der Waals surface area contributed by atoms with Crippen molar-refractivity contribution in [2.75, 3.05) is 33.7 Å². The number of hydrogen-bond acceptors (Lipinski definition) is 3. The summed E-state index contributed by atoms with van der Waals surface area (Å²) in [5.74, 6) is -0.0415. The lowest BCUT2D eigenvalue weighted by molar-refractivity contribution is -0.131. The van der Waals surface area contributed by atoms with E-state index in [1.807, 2.05) is 35.2 Å². The van der Waals surface area contributed by atoms with Gasteiger partial charge in [-0.3, -0.25) is 4.79 Å². The SMILES string of the molecule is CN(C)C1CCN(C(=O)C(CN)c2ccccc2)C1.Cl. The Morgan fingerprint density at radius 2 is 2.05 bits per heavy atom.